The van der Waals surface area contributed by atoms with E-state index >= 15 is 0 Å². The van der Waals surface area contributed by atoms with Crippen LogP contribution in [-0.2, 0) is 0 Å². The van der Waals surface area contributed by atoms with Crippen LogP contribution in [0.1, 0.15) is 0 Å². The maximum absolute atomic E-state index is 2.43. The molecule has 0 nitrogen and oxygen atoms in total. The van der Waals surface area contributed by atoms with Gasteiger partial charge in [-0.05, 0) is 99.7 Å². The molecule has 9 aromatic carbocycles. The van der Waals surface area contributed by atoms with E-state index in [9.17, 15) is 0 Å². The van der Waals surface area contributed by atoms with Gasteiger partial charge in [0.1, 0.15) is 0 Å². The molecule has 0 aliphatic carbocycles. The summed E-state index contributed by atoms with van der Waals surface area (Å²) >= 11 is 0. The number of rotatable bonds is 4. The average Bonchev–Trinajstić information content (AvgIpc) is 3.13. The van der Waals surface area contributed by atoms with Crippen molar-refractivity contribution in [3.8, 4) is 44.5 Å². The Morgan fingerprint density at radius 2 is 0.739 bits per heavy atom. The molecule has 0 atom stereocenters. The molecule has 0 fully saturated rings. The maximum atomic E-state index is 2.43. The van der Waals surface area contributed by atoms with Crippen molar-refractivity contribution < 1.29 is 0 Å². The Hall–Kier alpha value is -5.98. The fraction of sp³-hybridized carbons (Fsp3) is 0. The minimum Gasteiger partial charge on any atom is -0.0622 e. The Morgan fingerprint density at radius 1 is 0.217 bits per heavy atom. The van der Waals surface area contributed by atoms with Crippen molar-refractivity contribution >= 4 is 43.1 Å². The highest BCUT2D eigenvalue weighted by atomic mass is 14.2. The van der Waals surface area contributed by atoms with Crippen LogP contribution in [0.15, 0.2) is 182 Å². The topological polar surface area (TPSA) is 0 Å². The van der Waals surface area contributed by atoms with Crippen molar-refractivity contribution in [3.63, 3.8) is 0 Å². The van der Waals surface area contributed by atoms with Crippen molar-refractivity contribution in [2.45, 2.75) is 0 Å². The second kappa shape index (κ2) is 10.9. The van der Waals surface area contributed by atoms with Gasteiger partial charge < -0.3 is 0 Å². The van der Waals surface area contributed by atoms with Gasteiger partial charge in [0.2, 0.25) is 0 Å². The lowest BCUT2D eigenvalue weighted by atomic mass is 9.84. The van der Waals surface area contributed by atoms with Crippen LogP contribution < -0.4 is 0 Å². The normalized spacial score (nSPS) is 11.5. The fourth-order valence-corrected chi connectivity index (χ4v) is 7.35. The summed E-state index contributed by atoms with van der Waals surface area (Å²) in [5, 5.41) is 10.1. The smallest absolute Gasteiger partial charge is 0.00261 e. The second-order valence-electron chi connectivity index (χ2n) is 12.1. The summed E-state index contributed by atoms with van der Waals surface area (Å²) in [6, 6.07) is 66.6. The first-order valence-corrected chi connectivity index (χ1v) is 15.9. The van der Waals surface area contributed by atoms with E-state index in [4.69, 9.17) is 0 Å². The highest BCUT2D eigenvalue weighted by molar-refractivity contribution is 6.21. The van der Waals surface area contributed by atoms with E-state index in [1.165, 1.54) is 87.6 Å². The summed E-state index contributed by atoms with van der Waals surface area (Å²) in [5.74, 6) is 0. The highest BCUT2D eigenvalue weighted by Crippen LogP contribution is 2.46. The lowest BCUT2D eigenvalue weighted by Crippen LogP contribution is -1.93. The Bertz CT molecular complexity index is 2510. The average molecular weight is 583 g/mol. The molecule has 0 aliphatic rings. The van der Waals surface area contributed by atoms with Crippen LogP contribution in [0.5, 0.6) is 0 Å². The fourth-order valence-electron chi connectivity index (χ4n) is 7.35. The number of hydrogen-bond acceptors (Lipinski definition) is 0. The van der Waals surface area contributed by atoms with E-state index in [-0.39, 0.29) is 0 Å². The van der Waals surface area contributed by atoms with Gasteiger partial charge in [0.15, 0.2) is 0 Å². The summed E-state index contributed by atoms with van der Waals surface area (Å²) in [6.07, 6.45) is 0. The largest absolute Gasteiger partial charge is 0.0622 e. The minimum absolute atomic E-state index is 1.22. The van der Waals surface area contributed by atoms with Crippen LogP contribution in [0.2, 0.25) is 0 Å². The van der Waals surface area contributed by atoms with Crippen LogP contribution in [0, 0.1) is 0 Å². The van der Waals surface area contributed by atoms with Crippen LogP contribution in [-0.4, -0.2) is 0 Å². The van der Waals surface area contributed by atoms with Gasteiger partial charge in [0, 0.05) is 0 Å². The standard InChI is InChI=1S/C46H30/c1-2-15-33(16-3-1)45-40-20-8-10-22-42(40)46(43-23-11-9-21-41(43)45)36-27-28-39(38-24-12-18-32-14-6-7-19-37(32)38)44(30-36)35-26-25-31-13-4-5-17-34(31)29-35/h1-30H. The molecule has 0 heterocycles. The maximum Gasteiger partial charge on any atom is -0.00261 e. The molecule has 0 N–H and O–H groups in total. The number of hydrogen-bond donors (Lipinski definition) is 0. The summed E-state index contributed by atoms with van der Waals surface area (Å²) in [6.45, 7) is 0. The van der Waals surface area contributed by atoms with Crippen molar-refractivity contribution in [1.82, 2.24) is 0 Å². The Kier molecular flexibility index (Phi) is 6.25. The van der Waals surface area contributed by atoms with Crippen LogP contribution in [0.4, 0.5) is 0 Å². The van der Waals surface area contributed by atoms with Crippen molar-refractivity contribution in [2.75, 3.05) is 0 Å². The van der Waals surface area contributed by atoms with Gasteiger partial charge in [-0.15, -0.1) is 0 Å². The van der Waals surface area contributed by atoms with Crippen LogP contribution in [0.3, 0.4) is 0 Å². The number of benzene rings is 9. The first kappa shape index (κ1) is 26.4. The second-order valence-corrected chi connectivity index (χ2v) is 12.1. The predicted molar refractivity (Wildman–Crippen MR) is 198 cm³/mol. The molecule has 9 aromatic rings. The third-order valence-electron chi connectivity index (χ3n) is 9.44. The summed E-state index contributed by atoms with van der Waals surface area (Å²) in [5.41, 5.74) is 9.98. The molecule has 46 heavy (non-hydrogen) atoms. The molecule has 0 aromatic heterocycles. The zero-order valence-corrected chi connectivity index (χ0v) is 25.3. The third kappa shape index (κ3) is 4.30. The third-order valence-corrected chi connectivity index (χ3v) is 9.44. The van der Waals surface area contributed by atoms with Gasteiger partial charge in [-0.1, -0.05) is 170 Å². The molecule has 9 rings (SSSR count). The van der Waals surface area contributed by atoms with Gasteiger partial charge in [-0.25, -0.2) is 0 Å². The molecule has 0 heteroatoms. The first-order valence-electron chi connectivity index (χ1n) is 15.9. The van der Waals surface area contributed by atoms with Gasteiger partial charge in [-0.2, -0.15) is 0 Å². The van der Waals surface area contributed by atoms with Gasteiger partial charge >= 0.3 is 0 Å². The van der Waals surface area contributed by atoms with Crippen molar-refractivity contribution in [3.05, 3.63) is 182 Å². The van der Waals surface area contributed by atoms with E-state index in [1.54, 1.807) is 0 Å². The molecular formula is C46H30. The van der Waals surface area contributed by atoms with E-state index in [2.05, 4.69) is 182 Å². The van der Waals surface area contributed by atoms with Gasteiger partial charge in [0.25, 0.3) is 0 Å². The lowest BCUT2D eigenvalue weighted by Gasteiger charge is -2.20. The molecule has 0 amide bonds. The predicted octanol–water partition coefficient (Wildman–Crippen LogP) is 13.0. The van der Waals surface area contributed by atoms with E-state index in [0.29, 0.717) is 0 Å². The Labute approximate surface area is 268 Å². The first-order chi connectivity index (χ1) is 22.8. The molecular weight excluding hydrogens is 553 g/mol. The lowest BCUT2D eigenvalue weighted by molar-refractivity contribution is 1.60. The summed E-state index contributed by atoms with van der Waals surface area (Å²) in [7, 11) is 0. The molecule has 0 aliphatic heterocycles. The Balaban J connectivity index is 1.37. The van der Waals surface area contributed by atoms with Crippen LogP contribution >= 0.6 is 0 Å². The molecule has 0 spiro atoms. The molecule has 0 saturated carbocycles. The van der Waals surface area contributed by atoms with Crippen LogP contribution in [0.25, 0.3) is 87.6 Å². The zero-order valence-electron chi connectivity index (χ0n) is 25.3. The molecule has 0 saturated heterocycles. The molecule has 214 valence electrons. The van der Waals surface area contributed by atoms with Crippen molar-refractivity contribution in [1.29, 1.82) is 0 Å². The monoisotopic (exact) mass is 582 g/mol. The SMILES string of the molecule is c1ccc(-c2c3ccccc3c(-c3ccc(-c4cccc5ccccc45)c(-c4ccc5ccccc5c4)c3)c3ccccc23)cc1. The van der Waals surface area contributed by atoms with Gasteiger partial charge in [-0.3, -0.25) is 0 Å². The van der Waals surface area contributed by atoms with Gasteiger partial charge in [0.05, 0.1) is 0 Å². The summed E-state index contributed by atoms with van der Waals surface area (Å²) < 4.78 is 0. The van der Waals surface area contributed by atoms with E-state index < -0.39 is 0 Å². The Morgan fingerprint density at radius 3 is 1.43 bits per heavy atom. The quantitative estimate of drug-likeness (QED) is 0.181. The molecule has 0 bridgehead atoms. The molecule has 0 unspecified atom stereocenters. The van der Waals surface area contributed by atoms with E-state index in [1.807, 2.05) is 0 Å². The minimum atomic E-state index is 1.22. The highest BCUT2D eigenvalue weighted by Gasteiger charge is 2.19. The molecule has 0 radical (unpaired) electrons. The van der Waals surface area contributed by atoms with E-state index in [0.717, 1.165) is 0 Å². The van der Waals surface area contributed by atoms with Crippen molar-refractivity contribution in [2.24, 2.45) is 0 Å². The number of fused-ring (bicyclic) bond motifs is 4. The summed E-state index contributed by atoms with van der Waals surface area (Å²) in [4.78, 5) is 0. The zero-order chi connectivity index (χ0) is 30.5.